The number of hydrogen-bond acceptors (Lipinski definition) is 6. The largest absolute Gasteiger partial charge is 0.461 e. The number of hydrogen-bond donors (Lipinski definition) is 1. The molecule has 1 saturated carbocycles. The second kappa shape index (κ2) is 12.4. The molecule has 2 amide bonds. The first kappa shape index (κ1) is 28.2. The molecule has 1 N–H and O–H groups in total. The molecule has 3 saturated heterocycles. The molecule has 3 unspecified atom stereocenters. The molecule has 6 atom stereocenters. The van der Waals surface area contributed by atoms with E-state index in [9.17, 15) is 14.4 Å². The zero-order valence-corrected chi connectivity index (χ0v) is 23.1. The Balaban J connectivity index is 1.68. The number of aliphatic hydroxyl groups excluding tert-OH is 1. The molecule has 206 valence electrons. The van der Waals surface area contributed by atoms with Crippen LogP contribution < -0.4 is 0 Å². The summed E-state index contributed by atoms with van der Waals surface area (Å²) < 4.78 is 4.87. The average Bonchev–Trinajstić information content (AvgIpc) is 3.49. The van der Waals surface area contributed by atoms with Crippen LogP contribution in [0.15, 0.2) is 25.3 Å². The highest BCUT2D eigenvalue weighted by Crippen LogP contribution is 2.68. The molecule has 0 radical (unpaired) electrons. The van der Waals surface area contributed by atoms with Crippen LogP contribution in [0.4, 0.5) is 0 Å². The first-order chi connectivity index (χ1) is 17.9. The van der Waals surface area contributed by atoms with Crippen LogP contribution in [-0.2, 0) is 19.1 Å². The smallest absolute Gasteiger partial charge is 0.311 e. The molecular formula is C29H44N2O5S. The molecule has 7 nitrogen and oxygen atoms in total. The topological polar surface area (TPSA) is 87.2 Å². The van der Waals surface area contributed by atoms with Gasteiger partial charge in [0.25, 0.3) is 0 Å². The highest BCUT2D eigenvalue weighted by molar-refractivity contribution is 8.02. The molecule has 1 aliphatic carbocycles. The minimum atomic E-state index is -0.615. The van der Waals surface area contributed by atoms with Gasteiger partial charge in [0.2, 0.25) is 11.8 Å². The van der Waals surface area contributed by atoms with Crippen LogP contribution in [0.2, 0.25) is 0 Å². The van der Waals surface area contributed by atoms with Crippen LogP contribution in [0.25, 0.3) is 0 Å². The second-order valence-electron chi connectivity index (χ2n) is 11.2. The van der Waals surface area contributed by atoms with Gasteiger partial charge in [-0.3, -0.25) is 14.4 Å². The fourth-order valence-corrected chi connectivity index (χ4v) is 9.80. The van der Waals surface area contributed by atoms with Gasteiger partial charge in [-0.1, -0.05) is 57.8 Å². The van der Waals surface area contributed by atoms with Crippen LogP contribution >= 0.6 is 11.8 Å². The van der Waals surface area contributed by atoms with E-state index >= 15 is 0 Å². The number of ether oxygens (including phenoxy) is 1. The lowest BCUT2D eigenvalue weighted by Gasteiger charge is -2.43. The van der Waals surface area contributed by atoms with Crippen LogP contribution in [0, 0.1) is 17.8 Å². The molecule has 8 heteroatoms. The molecule has 1 spiro atoms. The van der Waals surface area contributed by atoms with E-state index in [1.807, 2.05) is 9.80 Å². The molecule has 3 aliphatic heterocycles. The number of unbranched alkanes of at least 4 members (excludes halogenated alkanes) is 3. The SMILES string of the molecule is C=CCOC(=O)[C@@H]1[C@@H]2CC(C)C3(S2)C(C(=O)N(CC=C)C2CCCCC2)N(CCCCCCO)C(=O)[C@H]13. The summed E-state index contributed by atoms with van der Waals surface area (Å²) >= 11 is 1.71. The third-order valence-electron chi connectivity index (χ3n) is 9.03. The van der Waals surface area contributed by atoms with Crippen molar-refractivity contribution in [2.24, 2.45) is 17.8 Å². The van der Waals surface area contributed by atoms with E-state index in [4.69, 9.17) is 9.84 Å². The highest BCUT2D eigenvalue weighted by atomic mass is 32.2. The van der Waals surface area contributed by atoms with E-state index < -0.39 is 22.6 Å². The number of nitrogens with zero attached hydrogens (tertiary/aromatic N) is 2. The van der Waals surface area contributed by atoms with Gasteiger partial charge >= 0.3 is 5.97 Å². The van der Waals surface area contributed by atoms with E-state index in [0.29, 0.717) is 13.1 Å². The van der Waals surface area contributed by atoms with E-state index in [1.165, 1.54) is 6.42 Å². The number of fused-ring (bicyclic) bond motifs is 1. The Bertz CT molecular complexity index is 874. The molecule has 0 aromatic heterocycles. The Morgan fingerprint density at radius 3 is 2.57 bits per heavy atom. The van der Waals surface area contributed by atoms with Crippen molar-refractivity contribution in [1.82, 2.24) is 9.80 Å². The number of amides is 2. The summed E-state index contributed by atoms with van der Waals surface area (Å²) in [6.45, 7) is 11.0. The van der Waals surface area contributed by atoms with Crippen molar-refractivity contribution in [3.63, 3.8) is 0 Å². The maximum atomic E-state index is 14.6. The van der Waals surface area contributed by atoms with Gasteiger partial charge in [-0.05, 0) is 38.0 Å². The molecule has 4 fully saturated rings. The predicted molar refractivity (Wildman–Crippen MR) is 146 cm³/mol. The van der Waals surface area contributed by atoms with Gasteiger partial charge < -0.3 is 19.6 Å². The monoisotopic (exact) mass is 532 g/mol. The van der Waals surface area contributed by atoms with E-state index in [2.05, 4.69) is 20.1 Å². The summed E-state index contributed by atoms with van der Waals surface area (Å²) in [7, 11) is 0. The normalized spacial score (nSPS) is 32.9. The number of likely N-dealkylation sites (tertiary alicyclic amines) is 1. The summed E-state index contributed by atoms with van der Waals surface area (Å²) in [5.41, 5.74) is 0. The van der Waals surface area contributed by atoms with E-state index in [1.54, 1.807) is 23.9 Å². The third kappa shape index (κ3) is 5.12. The van der Waals surface area contributed by atoms with Crippen LogP contribution in [0.3, 0.4) is 0 Å². The van der Waals surface area contributed by atoms with Crippen molar-refractivity contribution in [3.05, 3.63) is 25.3 Å². The Kier molecular flexibility index (Phi) is 9.43. The summed E-state index contributed by atoms with van der Waals surface area (Å²) in [5.74, 6) is -1.29. The van der Waals surface area contributed by atoms with Crippen molar-refractivity contribution in [3.8, 4) is 0 Å². The lowest BCUT2D eigenvalue weighted by molar-refractivity contribution is -0.153. The number of thioether (sulfide) groups is 1. The van der Waals surface area contributed by atoms with Crippen LogP contribution in [0.1, 0.15) is 71.1 Å². The van der Waals surface area contributed by atoms with Gasteiger partial charge in [0.1, 0.15) is 12.6 Å². The molecule has 37 heavy (non-hydrogen) atoms. The molecule has 4 rings (SSSR count). The number of rotatable bonds is 13. The molecular weight excluding hydrogens is 488 g/mol. The van der Waals surface area contributed by atoms with Crippen molar-refractivity contribution in [2.45, 2.75) is 93.2 Å². The predicted octanol–water partition coefficient (Wildman–Crippen LogP) is 3.95. The first-order valence-electron chi connectivity index (χ1n) is 14.2. The van der Waals surface area contributed by atoms with Gasteiger partial charge in [-0.15, -0.1) is 18.3 Å². The van der Waals surface area contributed by atoms with Crippen molar-refractivity contribution in [1.29, 1.82) is 0 Å². The van der Waals surface area contributed by atoms with Crippen LogP contribution in [0.5, 0.6) is 0 Å². The highest BCUT2D eigenvalue weighted by Gasteiger charge is 2.76. The maximum absolute atomic E-state index is 14.6. The quantitative estimate of drug-likeness (QED) is 0.220. The van der Waals surface area contributed by atoms with E-state index in [-0.39, 0.29) is 48.2 Å². The minimum Gasteiger partial charge on any atom is -0.461 e. The van der Waals surface area contributed by atoms with E-state index in [0.717, 1.165) is 57.8 Å². The summed E-state index contributed by atoms with van der Waals surface area (Å²) in [4.78, 5) is 45.7. The number of aliphatic hydroxyl groups is 1. The van der Waals surface area contributed by atoms with Gasteiger partial charge in [0, 0.05) is 31.0 Å². The number of esters is 1. The fraction of sp³-hybridized carbons (Fsp3) is 0.759. The van der Waals surface area contributed by atoms with Gasteiger partial charge in [0.05, 0.1) is 16.6 Å². The zero-order chi connectivity index (χ0) is 26.6. The molecule has 3 heterocycles. The standard InChI is InChI=1S/C29H44N2O5S/c1-4-15-30(21-13-9-8-10-14-21)27(34)25-29-20(3)19-22(37-29)23(28(35)36-18-5-2)24(29)26(33)31(25)16-11-6-7-12-17-32/h4-5,20-25,32H,1-2,6-19H2,3H3/t20?,22-,23+,24-,25?,29?/m0/s1. The minimum absolute atomic E-state index is 0.00851. The maximum Gasteiger partial charge on any atom is 0.311 e. The lowest BCUT2D eigenvalue weighted by Crippen LogP contribution is -2.59. The summed E-state index contributed by atoms with van der Waals surface area (Å²) in [6, 6.07) is -0.407. The Hall–Kier alpha value is -1.80. The summed E-state index contributed by atoms with van der Waals surface area (Å²) in [6.07, 6.45) is 12.8. The Morgan fingerprint density at radius 1 is 1.16 bits per heavy atom. The first-order valence-corrected chi connectivity index (χ1v) is 15.1. The van der Waals surface area contributed by atoms with Crippen LogP contribution in [-0.4, -0.2) is 81.1 Å². The Labute approximate surface area is 226 Å². The molecule has 0 aromatic rings. The lowest BCUT2D eigenvalue weighted by atomic mass is 9.66. The fourth-order valence-electron chi connectivity index (χ4n) is 7.40. The van der Waals surface area contributed by atoms with Crippen molar-refractivity contribution >= 4 is 29.5 Å². The third-order valence-corrected chi connectivity index (χ3v) is 11.1. The molecule has 2 bridgehead atoms. The zero-order valence-electron chi connectivity index (χ0n) is 22.3. The average molecular weight is 533 g/mol. The number of carbonyl (C=O) groups is 3. The van der Waals surface area contributed by atoms with Gasteiger partial charge in [-0.25, -0.2) is 0 Å². The van der Waals surface area contributed by atoms with Crippen molar-refractivity contribution < 1.29 is 24.2 Å². The molecule has 0 aromatic carbocycles. The Morgan fingerprint density at radius 2 is 1.89 bits per heavy atom. The summed E-state index contributed by atoms with van der Waals surface area (Å²) in [5, 5.41) is 9.14. The van der Waals surface area contributed by atoms with Gasteiger partial charge in [-0.2, -0.15) is 0 Å². The molecule has 4 aliphatic rings. The number of carbonyl (C=O) groups excluding carboxylic acids is 3. The van der Waals surface area contributed by atoms with Gasteiger partial charge in [0.15, 0.2) is 0 Å². The van der Waals surface area contributed by atoms with Crippen molar-refractivity contribution in [2.75, 3.05) is 26.3 Å². The second-order valence-corrected chi connectivity index (χ2v) is 12.8.